The first-order chi connectivity index (χ1) is 5.36. The van der Waals surface area contributed by atoms with Gasteiger partial charge < -0.3 is 9.15 Å². The van der Waals surface area contributed by atoms with Gasteiger partial charge in [0.25, 0.3) is 0 Å². The zero-order valence-corrected chi connectivity index (χ0v) is 7.19. The maximum atomic E-state index is 5.17. The summed E-state index contributed by atoms with van der Waals surface area (Å²) in [5.41, 5.74) is 0. The second-order valence-electron chi connectivity index (χ2n) is 2.62. The summed E-state index contributed by atoms with van der Waals surface area (Å²) in [5, 5.41) is 0.645. The van der Waals surface area contributed by atoms with Crippen LogP contribution in [0.25, 0.3) is 0 Å². The van der Waals surface area contributed by atoms with Crippen molar-refractivity contribution in [3.63, 3.8) is 0 Å². The van der Waals surface area contributed by atoms with E-state index < -0.39 is 0 Å². The highest BCUT2D eigenvalue weighted by Gasteiger charge is 2.20. The monoisotopic (exact) mass is 170 g/mol. The number of hydrogen-bond donors (Lipinski definition) is 0. The minimum absolute atomic E-state index is 0.645. The lowest BCUT2D eigenvalue weighted by Crippen LogP contribution is -2.30. The molecule has 1 aliphatic heterocycles. The van der Waals surface area contributed by atoms with E-state index in [4.69, 9.17) is 9.15 Å². The van der Waals surface area contributed by atoms with Crippen LogP contribution in [0.3, 0.4) is 0 Å². The number of ether oxygens (including phenoxy) is 1. The van der Waals surface area contributed by atoms with Crippen molar-refractivity contribution in [3.8, 4) is 0 Å². The summed E-state index contributed by atoms with van der Waals surface area (Å²) in [6, 6.07) is 2.01. The van der Waals surface area contributed by atoms with E-state index in [-0.39, 0.29) is 0 Å². The second kappa shape index (κ2) is 2.91. The van der Waals surface area contributed by atoms with Crippen LogP contribution in [0.1, 0.15) is 5.76 Å². The lowest BCUT2D eigenvalue weighted by atomic mass is 10.4. The lowest BCUT2D eigenvalue weighted by molar-refractivity contribution is 0.0455. The molecule has 2 heterocycles. The van der Waals surface area contributed by atoms with Crippen molar-refractivity contribution in [1.29, 1.82) is 0 Å². The van der Waals surface area contributed by atoms with Gasteiger partial charge in [-0.1, -0.05) is 0 Å². The maximum Gasteiger partial charge on any atom is 0.114 e. The number of hydrogen-bond acceptors (Lipinski definition) is 3. The van der Waals surface area contributed by atoms with Crippen molar-refractivity contribution in [2.75, 3.05) is 13.2 Å². The predicted octanol–water partition coefficient (Wildman–Crippen LogP) is 2.08. The highest BCUT2D eigenvalue weighted by atomic mass is 32.2. The first-order valence-corrected chi connectivity index (χ1v) is 4.53. The molecule has 0 bridgehead atoms. The number of aryl methyl sites for hydroxylation is 1. The number of furan rings is 1. The molecule has 0 aromatic carbocycles. The molecule has 1 aliphatic rings. The summed E-state index contributed by atoms with van der Waals surface area (Å²) in [6.07, 6.45) is 1.73. The topological polar surface area (TPSA) is 22.4 Å². The van der Waals surface area contributed by atoms with Gasteiger partial charge in [-0.15, -0.1) is 11.8 Å². The van der Waals surface area contributed by atoms with Crippen LogP contribution in [0.4, 0.5) is 0 Å². The average Bonchev–Trinajstić information content (AvgIpc) is 2.27. The molecule has 2 nitrogen and oxygen atoms in total. The summed E-state index contributed by atoms with van der Waals surface area (Å²) >= 11 is 1.84. The van der Waals surface area contributed by atoms with Crippen molar-refractivity contribution >= 4 is 11.8 Å². The van der Waals surface area contributed by atoms with Gasteiger partial charge in [0.1, 0.15) is 5.76 Å². The van der Waals surface area contributed by atoms with Crippen LogP contribution in [0.5, 0.6) is 0 Å². The van der Waals surface area contributed by atoms with Gasteiger partial charge in [0, 0.05) is 4.90 Å². The van der Waals surface area contributed by atoms with Gasteiger partial charge in [0.05, 0.1) is 24.7 Å². The molecule has 1 aromatic heterocycles. The summed E-state index contributed by atoms with van der Waals surface area (Å²) in [7, 11) is 0. The number of rotatable bonds is 2. The van der Waals surface area contributed by atoms with Crippen molar-refractivity contribution in [2.45, 2.75) is 17.1 Å². The summed E-state index contributed by atoms with van der Waals surface area (Å²) in [5.74, 6) is 1.02. The van der Waals surface area contributed by atoms with Crippen LogP contribution < -0.4 is 0 Å². The Labute approximate surface area is 69.9 Å². The molecule has 0 radical (unpaired) electrons. The van der Waals surface area contributed by atoms with Crippen LogP contribution >= 0.6 is 11.8 Å². The van der Waals surface area contributed by atoms with E-state index in [1.165, 1.54) is 4.90 Å². The molecule has 2 rings (SSSR count). The molecule has 0 atom stereocenters. The smallest absolute Gasteiger partial charge is 0.114 e. The normalized spacial score (nSPS) is 18.3. The molecule has 0 N–H and O–H groups in total. The Morgan fingerprint density at radius 3 is 2.82 bits per heavy atom. The van der Waals surface area contributed by atoms with Gasteiger partial charge in [0.2, 0.25) is 0 Å². The van der Waals surface area contributed by atoms with E-state index in [0.29, 0.717) is 5.25 Å². The molecular formula is C8H10O2S. The van der Waals surface area contributed by atoms with Crippen molar-refractivity contribution < 1.29 is 9.15 Å². The Balaban J connectivity index is 1.99. The van der Waals surface area contributed by atoms with Crippen LogP contribution in [0.15, 0.2) is 21.6 Å². The van der Waals surface area contributed by atoms with Crippen LogP contribution in [0, 0.1) is 6.92 Å². The van der Waals surface area contributed by atoms with Crippen molar-refractivity contribution in [2.24, 2.45) is 0 Å². The molecule has 1 fully saturated rings. The quantitative estimate of drug-likeness (QED) is 0.678. The zero-order valence-electron chi connectivity index (χ0n) is 6.37. The fraction of sp³-hybridized carbons (Fsp3) is 0.500. The highest BCUT2D eigenvalue weighted by molar-refractivity contribution is 8.00. The molecule has 1 saturated heterocycles. The summed E-state index contributed by atoms with van der Waals surface area (Å²) < 4.78 is 10.2. The van der Waals surface area contributed by atoms with Crippen molar-refractivity contribution in [3.05, 3.63) is 18.1 Å². The van der Waals surface area contributed by atoms with Gasteiger partial charge in [-0.25, -0.2) is 0 Å². The predicted molar refractivity (Wildman–Crippen MR) is 43.9 cm³/mol. The standard InChI is InChI=1S/C8H10O2S/c1-6-8(2-3-10-6)11-7-4-9-5-7/h2-3,7H,4-5H2,1H3. The molecule has 0 unspecified atom stereocenters. The third-order valence-corrected chi connectivity index (χ3v) is 3.00. The third-order valence-electron chi connectivity index (χ3n) is 1.71. The summed E-state index contributed by atoms with van der Waals surface area (Å²) in [4.78, 5) is 1.25. The lowest BCUT2D eigenvalue weighted by Gasteiger charge is -2.24. The summed E-state index contributed by atoms with van der Waals surface area (Å²) in [6.45, 7) is 3.76. The van der Waals surface area contributed by atoms with Gasteiger partial charge in [-0.3, -0.25) is 0 Å². The van der Waals surface area contributed by atoms with Gasteiger partial charge in [-0.05, 0) is 13.0 Å². The molecule has 0 saturated carbocycles. The SMILES string of the molecule is Cc1occc1SC1COC1. The van der Waals surface area contributed by atoms with E-state index in [0.717, 1.165) is 19.0 Å². The van der Waals surface area contributed by atoms with Crippen LogP contribution in [-0.2, 0) is 4.74 Å². The zero-order chi connectivity index (χ0) is 7.68. The minimum atomic E-state index is 0.645. The molecule has 3 heteroatoms. The molecule has 0 amide bonds. The Bertz CT molecular complexity index is 240. The average molecular weight is 170 g/mol. The first-order valence-electron chi connectivity index (χ1n) is 3.65. The van der Waals surface area contributed by atoms with E-state index in [1.807, 2.05) is 24.8 Å². The molecule has 0 aliphatic carbocycles. The molecule has 1 aromatic rings. The molecule has 0 spiro atoms. The largest absolute Gasteiger partial charge is 0.468 e. The Hall–Kier alpha value is -0.410. The van der Waals surface area contributed by atoms with Gasteiger partial charge in [-0.2, -0.15) is 0 Å². The van der Waals surface area contributed by atoms with Crippen LogP contribution in [0.2, 0.25) is 0 Å². The number of thioether (sulfide) groups is 1. The first kappa shape index (κ1) is 7.25. The fourth-order valence-electron chi connectivity index (χ4n) is 0.957. The van der Waals surface area contributed by atoms with Gasteiger partial charge in [0.15, 0.2) is 0 Å². The van der Waals surface area contributed by atoms with E-state index >= 15 is 0 Å². The van der Waals surface area contributed by atoms with E-state index in [9.17, 15) is 0 Å². The molecular weight excluding hydrogens is 160 g/mol. The maximum absolute atomic E-state index is 5.17. The van der Waals surface area contributed by atoms with Gasteiger partial charge >= 0.3 is 0 Å². The fourth-order valence-corrected chi connectivity index (χ4v) is 1.99. The Kier molecular flexibility index (Phi) is 1.92. The second-order valence-corrected chi connectivity index (χ2v) is 3.96. The molecule has 11 heavy (non-hydrogen) atoms. The minimum Gasteiger partial charge on any atom is -0.468 e. The van der Waals surface area contributed by atoms with Crippen LogP contribution in [-0.4, -0.2) is 18.5 Å². The van der Waals surface area contributed by atoms with Crippen molar-refractivity contribution in [1.82, 2.24) is 0 Å². The Morgan fingerprint density at radius 2 is 2.36 bits per heavy atom. The third kappa shape index (κ3) is 1.44. The Morgan fingerprint density at radius 1 is 1.55 bits per heavy atom. The van der Waals surface area contributed by atoms with E-state index in [2.05, 4.69) is 0 Å². The highest BCUT2D eigenvalue weighted by Crippen LogP contribution is 2.30. The van der Waals surface area contributed by atoms with E-state index in [1.54, 1.807) is 6.26 Å². The molecule has 60 valence electrons.